The zero-order valence-corrected chi connectivity index (χ0v) is 6.39. The van der Waals surface area contributed by atoms with Crippen LogP contribution in [0, 0.1) is 0 Å². The maximum Gasteiger partial charge on any atom is 0.0519 e. The van der Waals surface area contributed by atoms with Crippen LogP contribution in [0.5, 0.6) is 0 Å². The first-order valence-corrected chi connectivity index (χ1v) is 3.48. The van der Waals surface area contributed by atoms with E-state index in [9.17, 15) is 0 Å². The van der Waals surface area contributed by atoms with E-state index in [2.05, 4.69) is 22.4 Å². The Morgan fingerprint density at radius 1 is 1.80 bits per heavy atom. The largest absolute Gasteiger partial charge is 0.317 e. The second-order valence-corrected chi connectivity index (χ2v) is 2.50. The predicted molar refractivity (Wildman–Crippen MR) is 40.8 cm³/mol. The highest BCUT2D eigenvalue weighted by molar-refractivity contribution is 5.03. The van der Waals surface area contributed by atoms with E-state index in [1.54, 1.807) is 0 Å². The summed E-state index contributed by atoms with van der Waals surface area (Å²) in [5, 5.41) is 9.80. The Bertz CT molecular complexity index is 169. The third-order valence-corrected chi connectivity index (χ3v) is 1.59. The van der Waals surface area contributed by atoms with Crippen LogP contribution in [-0.2, 0) is 6.42 Å². The van der Waals surface area contributed by atoms with Crippen LogP contribution >= 0.6 is 0 Å². The predicted octanol–water partition coefficient (Wildman–Crippen LogP) is 0.560. The molecule has 1 atom stereocenters. The molecule has 0 bridgehead atoms. The first-order chi connectivity index (χ1) is 4.83. The van der Waals surface area contributed by atoms with Crippen LogP contribution in [0.25, 0.3) is 0 Å². The van der Waals surface area contributed by atoms with Crippen molar-refractivity contribution >= 4 is 0 Å². The molecule has 1 unspecified atom stereocenters. The molecule has 0 aromatic carbocycles. The van der Waals surface area contributed by atoms with Gasteiger partial charge in [-0.05, 0) is 26.0 Å². The van der Waals surface area contributed by atoms with Gasteiger partial charge in [0.1, 0.15) is 0 Å². The molecular formula is C7H13N3. The Kier molecular flexibility index (Phi) is 2.45. The zero-order valence-electron chi connectivity index (χ0n) is 6.39. The van der Waals surface area contributed by atoms with E-state index >= 15 is 0 Å². The lowest BCUT2D eigenvalue weighted by molar-refractivity contribution is 0.609. The zero-order chi connectivity index (χ0) is 7.40. The van der Waals surface area contributed by atoms with Gasteiger partial charge in [0.05, 0.1) is 6.20 Å². The summed E-state index contributed by atoms with van der Waals surface area (Å²) in [4.78, 5) is 0. The molecule has 0 amide bonds. The Morgan fingerprint density at radius 2 is 2.60 bits per heavy atom. The first kappa shape index (κ1) is 7.28. The molecule has 3 heteroatoms. The Balaban J connectivity index is 2.40. The summed E-state index contributed by atoms with van der Waals surface area (Å²) in [6.45, 7) is 2.15. The van der Waals surface area contributed by atoms with Crippen molar-refractivity contribution < 1.29 is 0 Å². The van der Waals surface area contributed by atoms with Crippen molar-refractivity contribution in [3.05, 3.63) is 18.0 Å². The molecule has 2 N–H and O–H groups in total. The third-order valence-electron chi connectivity index (χ3n) is 1.59. The van der Waals surface area contributed by atoms with E-state index in [0.717, 1.165) is 6.42 Å². The van der Waals surface area contributed by atoms with Gasteiger partial charge in [-0.25, -0.2) is 0 Å². The van der Waals surface area contributed by atoms with Gasteiger partial charge in [-0.2, -0.15) is 5.10 Å². The van der Waals surface area contributed by atoms with Gasteiger partial charge in [0.25, 0.3) is 0 Å². The number of aromatic amines is 1. The minimum Gasteiger partial charge on any atom is -0.317 e. The van der Waals surface area contributed by atoms with Crippen LogP contribution in [0.1, 0.15) is 12.5 Å². The molecule has 0 aliphatic rings. The minimum atomic E-state index is 0.526. The van der Waals surface area contributed by atoms with Crippen molar-refractivity contribution in [2.75, 3.05) is 7.05 Å². The molecule has 0 radical (unpaired) electrons. The van der Waals surface area contributed by atoms with Crippen LogP contribution < -0.4 is 5.32 Å². The van der Waals surface area contributed by atoms with Gasteiger partial charge in [-0.3, -0.25) is 5.10 Å². The lowest BCUT2D eigenvalue weighted by atomic mass is 10.1. The average molecular weight is 139 g/mol. The standard InChI is InChI=1S/C7H13N3/c1-6(8-2)3-7-4-9-10-5-7/h4-6,8H,3H2,1-2H3,(H,9,10). The molecule has 3 nitrogen and oxygen atoms in total. The molecular weight excluding hydrogens is 126 g/mol. The fourth-order valence-electron chi connectivity index (χ4n) is 0.845. The number of nitrogens with zero attached hydrogens (tertiary/aromatic N) is 1. The van der Waals surface area contributed by atoms with Crippen LogP contribution in [-0.4, -0.2) is 23.3 Å². The quantitative estimate of drug-likeness (QED) is 0.642. The highest BCUT2D eigenvalue weighted by Gasteiger charge is 1.99. The monoisotopic (exact) mass is 139 g/mol. The second kappa shape index (κ2) is 3.37. The average Bonchev–Trinajstić information content (AvgIpc) is 2.40. The lowest BCUT2D eigenvalue weighted by Crippen LogP contribution is -2.23. The van der Waals surface area contributed by atoms with Crippen molar-refractivity contribution in [2.45, 2.75) is 19.4 Å². The van der Waals surface area contributed by atoms with E-state index in [1.807, 2.05) is 19.4 Å². The molecule has 0 spiro atoms. The highest BCUT2D eigenvalue weighted by Crippen LogP contribution is 1.97. The summed E-state index contributed by atoms with van der Waals surface area (Å²) in [7, 11) is 1.96. The summed E-state index contributed by atoms with van der Waals surface area (Å²) >= 11 is 0. The van der Waals surface area contributed by atoms with Crippen molar-refractivity contribution in [3.8, 4) is 0 Å². The Labute approximate surface area is 60.8 Å². The van der Waals surface area contributed by atoms with Gasteiger partial charge in [0, 0.05) is 12.2 Å². The van der Waals surface area contributed by atoms with Gasteiger partial charge >= 0.3 is 0 Å². The minimum absolute atomic E-state index is 0.526. The van der Waals surface area contributed by atoms with Crippen molar-refractivity contribution in [2.24, 2.45) is 0 Å². The number of H-pyrrole nitrogens is 1. The summed E-state index contributed by atoms with van der Waals surface area (Å²) in [6, 6.07) is 0.526. The molecule has 1 rings (SSSR count). The molecule has 1 heterocycles. The van der Waals surface area contributed by atoms with Gasteiger partial charge in [0.15, 0.2) is 0 Å². The summed E-state index contributed by atoms with van der Waals surface area (Å²) in [5.41, 5.74) is 1.25. The molecule has 0 saturated carbocycles. The fourth-order valence-corrected chi connectivity index (χ4v) is 0.845. The van der Waals surface area contributed by atoms with Gasteiger partial charge in [-0.1, -0.05) is 0 Å². The van der Waals surface area contributed by atoms with E-state index in [4.69, 9.17) is 0 Å². The molecule has 1 aromatic heterocycles. The maximum atomic E-state index is 3.86. The van der Waals surface area contributed by atoms with E-state index in [0.29, 0.717) is 6.04 Å². The van der Waals surface area contributed by atoms with Gasteiger partial charge < -0.3 is 5.32 Å². The van der Waals surface area contributed by atoms with E-state index < -0.39 is 0 Å². The van der Waals surface area contributed by atoms with Gasteiger partial charge in [0.2, 0.25) is 0 Å². The van der Waals surface area contributed by atoms with Crippen LogP contribution in [0.2, 0.25) is 0 Å². The van der Waals surface area contributed by atoms with E-state index in [-0.39, 0.29) is 0 Å². The highest BCUT2D eigenvalue weighted by atomic mass is 15.1. The van der Waals surface area contributed by atoms with Crippen molar-refractivity contribution in [1.82, 2.24) is 15.5 Å². The molecule has 0 aliphatic carbocycles. The number of nitrogens with one attached hydrogen (secondary N) is 2. The first-order valence-electron chi connectivity index (χ1n) is 3.48. The fraction of sp³-hybridized carbons (Fsp3) is 0.571. The smallest absolute Gasteiger partial charge is 0.0519 e. The summed E-state index contributed by atoms with van der Waals surface area (Å²) in [5.74, 6) is 0. The summed E-state index contributed by atoms with van der Waals surface area (Å²) < 4.78 is 0. The van der Waals surface area contributed by atoms with Crippen LogP contribution in [0.3, 0.4) is 0 Å². The normalized spacial score (nSPS) is 13.4. The number of rotatable bonds is 3. The number of likely N-dealkylation sites (N-methyl/N-ethyl adjacent to an activating group) is 1. The number of hydrogen-bond donors (Lipinski definition) is 2. The maximum absolute atomic E-state index is 3.86. The number of hydrogen-bond acceptors (Lipinski definition) is 2. The Morgan fingerprint density at radius 3 is 3.10 bits per heavy atom. The van der Waals surface area contributed by atoms with Crippen molar-refractivity contribution in [3.63, 3.8) is 0 Å². The molecule has 10 heavy (non-hydrogen) atoms. The number of aromatic nitrogens is 2. The Hall–Kier alpha value is -0.830. The third kappa shape index (κ3) is 1.84. The molecule has 1 aromatic rings. The lowest BCUT2D eigenvalue weighted by Gasteiger charge is -2.06. The molecule has 56 valence electrons. The van der Waals surface area contributed by atoms with Crippen molar-refractivity contribution in [1.29, 1.82) is 0 Å². The van der Waals surface area contributed by atoms with Crippen LogP contribution in [0.4, 0.5) is 0 Å². The molecule has 0 aliphatic heterocycles. The SMILES string of the molecule is CNC(C)Cc1cn[nH]c1. The van der Waals surface area contributed by atoms with E-state index in [1.165, 1.54) is 5.56 Å². The molecule has 0 fully saturated rings. The van der Waals surface area contributed by atoms with Crippen LogP contribution in [0.15, 0.2) is 12.4 Å². The topological polar surface area (TPSA) is 40.7 Å². The summed E-state index contributed by atoms with van der Waals surface area (Å²) in [6.07, 6.45) is 4.81. The second-order valence-electron chi connectivity index (χ2n) is 2.50. The molecule has 0 saturated heterocycles. The van der Waals surface area contributed by atoms with Gasteiger partial charge in [-0.15, -0.1) is 0 Å².